The van der Waals surface area contributed by atoms with E-state index >= 15 is 0 Å². The minimum absolute atomic E-state index is 0.0552. The molecule has 0 spiro atoms. The Kier molecular flexibility index (Phi) is 7.22. The first-order valence-electron chi connectivity index (χ1n) is 9.51. The number of carbonyl (C=O) groups is 2. The summed E-state index contributed by atoms with van der Waals surface area (Å²) in [6, 6.07) is 12.7. The molecule has 0 radical (unpaired) electrons. The molecule has 10 heteroatoms. The van der Waals surface area contributed by atoms with Gasteiger partial charge < -0.3 is 10.4 Å². The van der Waals surface area contributed by atoms with Crippen LogP contribution in [0.4, 0.5) is 5.69 Å². The van der Waals surface area contributed by atoms with Crippen LogP contribution in [-0.4, -0.2) is 31.9 Å². The van der Waals surface area contributed by atoms with Crippen LogP contribution in [-0.2, 0) is 21.4 Å². The van der Waals surface area contributed by atoms with Gasteiger partial charge >= 0.3 is 5.97 Å². The maximum absolute atomic E-state index is 13.4. The SMILES string of the molecule is Cc1ccc(S(=O)(=O)N(CC(=O)NCc2cc(C(=O)O)cs2)c2cccc(Cl)c2C)cc1. The highest BCUT2D eigenvalue weighted by atomic mass is 35.5. The van der Waals surface area contributed by atoms with E-state index in [-0.39, 0.29) is 17.0 Å². The Morgan fingerprint density at radius 2 is 1.81 bits per heavy atom. The van der Waals surface area contributed by atoms with Crippen LogP contribution in [0.3, 0.4) is 0 Å². The molecule has 0 fully saturated rings. The topological polar surface area (TPSA) is 104 Å². The lowest BCUT2D eigenvalue weighted by Crippen LogP contribution is -2.41. The van der Waals surface area contributed by atoms with Crippen LogP contribution in [0.5, 0.6) is 0 Å². The molecule has 0 aliphatic heterocycles. The largest absolute Gasteiger partial charge is 0.478 e. The summed E-state index contributed by atoms with van der Waals surface area (Å²) in [4.78, 5) is 24.4. The number of thiophene rings is 1. The van der Waals surface area contributed by atoms with Gasteiger partial charge in [0, 0.05) is 15.3 Å². The van der Waals surface area contributed by atoms with Gasteiger partial charge in [0.25, 0.3) is 10.0 Å². The van der Waals surface area contributed by atoms with Crippen LogP contribution in [0.2, 0.25) is 5.02 Å². The van der Waals surface area contributed by atoms with E-state index in [0.717, 1.165) is 9.87 Å². The number of hydrogen-bond donors (Lipinski definition) is 2. The highest BCUT2D eigenvalue weighted by Gasteiger charge is 2.28. The number of aryl methyl sites for hydroxylation is 1. The summed E-state index contributed by atoms with van der Waals surface area (Å²) < 4.78 is 27.9. The van der Waals surface area contributed by atoms with Gasteiger partial charge in [0.05, 0.1) is 22.7 Å². The van der Waals surface area contributed by atoms with Gasteiger partial charge in [-0.25, -0.2) is 13.2 Å². The third-order valence-electron chi connectivity index (χ3n) is 4.76. The lowest BCUT2D eigenvalue weighted by atomic mass is 10.2. The van der Waals surface area contributed by atoms with Crippen LogP contribution in [0.25, 0.3) is 0 Å². The average molecular weight is 493 g/mol. The van der Waals surface area contributed by atoms with E-state index in [1.807, 2.05) is 6.92 Å². The molecule has 0 unspecified atom stereocenters. The zero-order valence-electron chi connectivity index (χ0n) is 17.3. The number of hydrogen-bond acceptors (Lipinski definition) is 5. The second kappa shape index (κ2) is 9.72. The lowest BCUT2D eigenvalue weighted by Gasteiger charge is -2.26. The fourth-order valence-corrected chi connectivity index (χ4v) is 5.41. The van der Waals surface area contributed by atoms with Crippen LogP contribution < -0.4 is 9.62 Å². The predicted octanol–water partition coefficient (Wildman–Crippen LogP) is 4.23. The number of amides is 1. The summed E-state index contributed by atoms with van der Waals surface area (Å²) >= 11 is 7.41. The molecular weight excluding hydrogens is 472 g/mol. The number of nitrogens with one attached hydrogen (secondary N) is 1. The molecule has 0 atom stereocenters. The van der Waals surface area contributed by atoms with Gasteiger partial charge in [-0.3, -0.25) is 9.10 Å². The Morgan fingerprint density at radius 3 is 2.44 bits per heavy atom. The van der Waals surface area contributed by atoms with Crippen LogP contribution >= 0.6 is 22.9 Å². The van der Waals surface area contributed by atoms with Crippen molar-refractivity contribution in [2.24, 2.45) is 0 Å². The van der Waals surface area contributed by atoms with E-state index in [4.69, 9.17) is 16.7 Å². The van der Waals surface area contributed by atoms with Gasteiger partial charge in [-0.1, -0.05) is 35.4 Å². The Hall–Kier alpha value is -2.88. The third-order valence-corrected chi connectivity index (χ3v) is 7.88. The minimum atomic E-state index is -4.06. The third kappa shape index (κ3) is 5.29. The number of carboxylic acid groups (broad SMARTS) is 1. The average Bonchev–Trinajstić information content (AvgIpc) is 3.22. The van der Waals surface area contributed by atoms with Gasteiger partial charge in [-0.15, -0.1) is 11.3 Å². The van der Waals surface area contributed by atoms with Crippen molar-refractivity contribution in [3.8, 4) is 0 Å². The number of anilines is 1. The molecule has 7 nitrogen and oxygen atoms in total. The highest BCUT2D eigenvalue weighted by Crippen LogP contribution is 2.31. The van der Waals surface area contributed by atoms with E-state index in [9.17, 15) is 18.0 Å². The zero-order valence-corrected chi connectivity index (χ0v) is 19.7. The molecule has 2 N–H and O–H groups in total. The molecule has 0 saturated heterocycles. The first-order valence-corrected chi connectivity index (χ1v) is 12.2. The quantitative estimate of drug-likeness (QED) is 0.489. The van der Waals surface area contributed by atoms with Crippen LogP contribution in [0, 0.1) is 13.8 Å². The van der Waals surface area contributed by atoms with E-state index in [2.05, 4.69) is 5.32 Å². The van der Waals surface area contributed by atoms with Crippen molar-refractivity contribution < 1.29 is 23.1 Å². The van der Waals surface area contributed by atoms with Crippen molar-refractivity contribution in [1.29, 1.82) is 0 Å². The summed E-state index contributed by atoms with van der Waals surface area (Å²) in [5, 5.41) is 13.5. The van der Waals surface area contributed by atoms with Crippen molar-refractivity contribution >= 4 is 50.5 Å². The van der Waals surface area contributed by atoms with E-state index < -0.39 is 28.4 Å². The van der Waals surface area contributed by atoms with E-state index in [1.165, 1.54) is 34.9 Å². The van der Waals surface area contributed by atoms with Crippen molar-refractivity contribution in [3.05, 3.63) is 80.5 Å². The molecule has 3 aromatic rings. The summed E-state index contributed by atoms with van der Waals surface area (Å²) in [5.41, 5.74) is 1.88. The second-order valence-electron chi connectivity index (χ2n) is 7.09. The number of benzene rings is 2. The number of sulfonamides is 1. The molecule has 168 valence electrons. The van der Waals surface area contributed by atoms with Gasteiger partial charge in [-0.05, 0) is 49.7 Å². The molecule has 3 rings (SSSR count). The maximum atomic E-state index is 13.4. The summed E-state index contributed by atoms with van der Waals surface area (Å²) in [6.45, 7) is 3.16. The number of carboxylic acids is 1. The van der Waals surface area contributed by atoms with Crippen molar-refractivity contribution in [1.82, 2.24) is 5.32 Å². The van der Waals surface area contributed by atoms with Crippen LogP contribution in [0.15, 0.2) is 58.8 Å². The Morgan fingerprint density at radius 1 is 1.12 bits per heavy atom. The molecule has 0 aliphatic rings. The summed E-state index contributed by atoms with van der Waals surface area (Å²) in [5.74, 6) is -1.59. The smallest absolute Gasteiger partial charge is 0.336 e. The van der Waals surface area contributed by atoms with Crippen LogP contribution in [0.1, 0.15) is 26.4 Å². The van der Waals surface area contributed by atoms with Gasteiger partial charge in [0.2, 0.25) is 5.91 Å². The predicted molar refractivity (Wildman–Crippen MR) is 125 cm³/mol. The molecule has 32 heavy (non-hydrogen) atoms. The van der Waals surface area contributed by atoms with Gasteiger partial charge in [-0.2, -0.15) is 0 Å². The number of rotatable bonds is 8. The Balaban J connectivity index is 1.88. The number of halogens is 1. The molecule has 1 amide bonds. The summed E-state index contributed by atoms with van der Waals surface area (Å²) in [7, 11) is -4.06. The van der Waals surface area contributed by atoms with E-state index in [1.54, 1.807) is 37.3 Å². The molecule has 1 aromatic heterocycles. The first-order chi connectivity index (χ1) is 15.1. The molecule has 0 saturated carbocycles. The van der Waals surface area contributed by atoms with Crippen molar-refractivity contribution in [2.75, 3.05) is 10.8 Å². The summed E-state index contributed by atoms with van der Waals surface area (Å²) in [6.07, 6.45) is 0. The van der Waals surface area contributed by atoms with Gasteiger partial charge in [0.1, 0.15) is 6.54 Å². The standard InChI is InChI=1S/C22H21ClN2O5S2/c1-14-6-8-18(9-7-14)32(29,30)25(20-5-3-4-19(23)15(20)2)12-21(26)24-11-17-10-16(13-31-17)22(27)28/h3-10,13H,11-12H2,1-2H3,(H,24,26)(H,27,28). The normalized spacial score (nSPS) is 11.2. The minimum Gasteiger partial charge on any atom is -0.478 e. The van der Waals surface area contributed by atoms with Crippen molar-refractivity contribution in [3.63, 3.8) is 0 Å². The molecule has 1 heterocycles. The molecule has 0 bridgehead atoms. The maximum Gasteiger partial charge on any atom is 0.336 e. The first kappa shape index (κ1) is 23.8. The monoisotopic (exact) mass is 492 g/mol. The fourth-order valence-electron chi connectivity index (χ4n) is 2.96. The highest BCUT2D eigenvalue weighted by molar-refractivity contribution is 7.92. The zero-order chi connectivity index (χ0) is 23.5. The number of carbonyl (C=O) groups excluding carboxylic acids is 1. The second-order valence-corrected chi connectivity index (χ2v) is 10.4. The molecular formula is C22H21ClN2O5S2. The Bertz CT molecular complexity index is 1250. The number of aromatic carboxylic acids is 1. The Labute approximate surface area is 195 Å². The van der Waals surface area contributed by atoms with E-state index in [0.29, 0.717) is 21.2 Å². The number of nitrogens with zero attached hydrogens (tertiary/aromatic N) is 1. The lowest BCUT2D eigenvalue weighted by molar-refractivity contribution is -0.119. The molecule has 0 aliphatic carbocycles. The van der Waals surface area contributed by atoms with Gasteiger partial charge in [0.15, 0.2) is 0 Å². The molecule has 2 aromatic carbocycles. The van der Waals surface area contributed by atoms with Crippen molar-refractivity contribution in [2.45, 2.75) is 25.3 Å². The fraction of sp³-hybridized carbons (Fsp3) is 0.182.